The summed E-state index contributed by atoms with van der Waals surface area (Å²) in [6.45, 7) is 4.70. The molecule has 2 aromatic heterocycles. The number of aromatic nitrogens is 3. The number of fused-ring (bicyclic) bond motifs is 5. The largest absolute Gasteiger partial charge is 0.474 e. The number of ether oxygens (including phenoxy) is 1. The third kappa shape index (κ3) is 3.54. The van der Waals surface area contributed by atoms with Crippen LogP contribution in [-0.4, -0.2) is 63.4 Å². The lowest BCUT2D eigenvalue weighted by Crippen LogP contribution is -2.43. The highest BCUT2D eigenvalue weighted by Gasteiger charge is 2.50. The third-order valence-electron chi connectivity index (χ3n) is 9.36. The van der Waals surface area contributed by atoms with Crippen molar-refractivity contribution in [3.05, 3.63) is 27.7 Å². The van der Waals surface area contributed by atoms with Gasteiger partial charge in [0.05, 0.1) is 27.6 Å². The molecule has 5 fully saturated rings. The SMILES string of the molecule is CCc1nc2c(OC[C@@]34CCCN3C[C@H](F)C4)nc3c(F)c(Br)c(CCC#N)cc3c2n1C1C2CNC1C2. The molecule has 38 heavy (non-hydrogen) atoms. The normalized spacial score (nSPS) is 30.2. The number of nitrogens with one attached hydrogen (secondary N) is 1. The molecule has 5 aliphatic rings. The van der Waals surface area contributed by atoms with E-state index in [0.29, 0.717) is 65.6 Å². The minimum atomic E-state index is -0.851. The Morgan fingerprint density at radius 2 is 2.21 bits per heavy atom. The molecule has 0 radical (unpaired) electrons. The summed E-state index contributed by atoms with van der Waals surface area (Å²) in [4.78, 5) is 12.0. The highest BCUT2D eigenvalue weighted by molar-refractivity contribution is 9.10. The van der Waals surface area contributed by atoms with Crippen LogP contribution in [0.5, 0.6) is 5.88 Å². The second-order valence-corrected chi connectivity index (χ2v) is 12.2. The minimum absolute atomic E-state index is 0.235. The Bertz CT molecular complexity index is 1470. The summed E-state index contributed by atoms with van der Waals surface area (Å²) in [6.07, 6.45) is 4.12. The van der Waals surface area contributed by atoms with Crippen molar-refractivity contribution in [2.24, 2.45) is 5.92 Å². The number of hydrogen-bond donors (Lipinski definition) is 1. The number of alkyl halides is 1. The van der Waals surface area contributed by atoms with E-state index in [1.807, 2.05) is 6.07 Å². The van der Waals surface area contributed by atoms with Gasteiger partial charge in [0.25, 0.3) is 0 Å². The van der Waals surface area contributed by atoms with Crippen molar-refractivity contribution in [3.63, 3.8) is 0 Å². The quantitative estimate of drug-likeness (QED) is 0.421. The van der Waals surface area contributed by atoms with E-state index in [0.717, 1.165) is 55.7 Å². The summed E-state index contributed by atoms with van der Waals surface area (Å²) in [6, 6.07) is 4.76. The van der Waals surface area contributed by atoms with Crippen LogP contribution in [0, 0.1) is 23.1 Å². The maximum atomic E-state index is 15.9. The van der Waals surface area contributed by atoms with Gasteiger partial charge in [-0.05, 0) is 65.7 Å². The van der Waals surface area contributed by atoms with Gasteiger partial charge in [-0.3, -0.25) is 4.90 Å². The molecule has 4 saturated heterocycles. The van der Waals surface area contributed by atoms with Crippen molar-refractivity contribution in [1.82, 2.24) is 24.8 Å². The Morgan fingerprint density at radius 1 is 1.34 bits per heavy atom. The first-order valence-corrected chi connectivity index (χ1v) is 14.6. The first-order valence-electron chi connectivity index (χ1n) is 13.8. The zero-order valence-corrected chi connectivity index (χ0v) is 23.0. The standard InChI is InChI=1S/C28H31BrF2N6O/c1-2-20-34-24-26(37(20)25-16-10-19(25)33-12-16)18-9-15(5-3-7-32)21(29)22(31)23(18)35-27(24)38-14-28-6-4-8-36(28)13-17(30)11-28/h9,16-17,19,25,33H,2-6,8,10-14H2,1H3/t16?,17-,19?,25?,28+/m1/s1. The van der Waals surface area contributed by atoms with Gasteiger partial charge < -0.3 is 14.6 Å². The van der Waals surface area contributed by atoms with Gasteiger partial charge in [0, 0.05) is 43.8 Å². The van der Waals surface area contributed by atoms with E-state index < -0.39 is 12.0 Å². The van der Waals surface area contributed by atoms with Gasteiger partial charge in [-0.25, -0.2) is 18.7 Å². The Hall–Kier alpha value is -2.35. The number of halogens is 3. The molecule has 1 N–H and O–H groups in total. The molecule has 8 rings (SSSR count). The second-order valence-electron chi connectivity index (χ2n) is 11.4. The molecule has 10 heteroatoms. The van der Waals surface area contributed by atoms with Crippen LogP contribution in [0.25, 0.3) is 21.9 Å². The Labute approximate surface area is 228 Å². The van der Waals surface area contributed by atoms with Crippen LogP contribution >= 0.6 is 15.9 Å². The molecule has 0 spiro atoms. The molecule has 0 amide bonds. The summed E-state index contributed by atoms with van der Waals surface area (Å²) in [7, 11) is 0. The minimum Gasteiger partial charge on any atom is -0.474 e. The zero-order chi connectivity index (χ0) is 26.2. The number of hydrogen-bond acceptors (Lipinski definition) is 6. The van der Waals surface area contributed by atoms with E-state index in [4.69, 9.17) is 20.0 Å². The van der Waals surface area contributed by atoms with Crippen LogP contribution in [0.4, 0.5) is 8.78 Å². The fraction of sp³-hybridized carbons (Fsp3) is 0.607. The highest BCUT2D eigenvalue weighted by atomic mass is 79.9. The molecule has 1 aromatic carbocycles. The summed E-state index contributed by atoms with van der Waals surface area (Å²) in [5, 5.41) is 13.5. The second kappa shape index (κ2) is 9.10. The first-order chi connectivity index (χ1) is 18.4. The predicted octanol–water partition coefficient (Wildman–Crippen LogP) is 4.99. The van der Waals surface area contributed by atoms with Crippen LogP contribution in [-0.2, 0) is 12.8 Å². The molecule has 4 aliphatic heterocycles. The molecular formula is C28H31BrF2N6O. The lowest BCUT2D eigenvalue weighted by molar-refractivity contribution is 0.112. The third-order valence-corrected chi connectivity index (χ3v) is 10.2. The highest BCUT2D eigenvalue weighted by Crippen LogP contribution is 2.48. The van der Waals surface area contributed by atoms with Crippen molar-refractivity contribution in [2.75, 3.05) is 26.2 Å². The molecule has 200 valence electrons. The molecular weight excluding hydrogens is 554 g/mol. The first kappa shape index (κ1) is 24.7. The van der Waals surface area contributed by atoms with E-state index >= 15 is 4.39 Å². The summed E-state index contributed by atoms with van der Waals surface area (Å²) in [5.41, 5.74) is 2.14. The molecule has 2 bridgehead atoms. The summed E-state index contributed by atoms with van der Waals surface area (Å²) < 4.78 is 39.4. The molecule has 3 unspecified atom stereocenters. The lowest BCUT2D eigenvalue weighted by Gasteiger charge is -2.37. The number of pyridine rings is 1. The van der Waals surface area contributed by atoms with Crippen LogP contribution in [0.2, 0.25) is 0 Å². The van der Waals surface area contributed by atoms with Gasteiger partial charge in [0.15, 0.2) is 11.3 Å². The van der Waals surface area contributed by atoms with E-state index in [9.17, 15) is 4.39 Å². The Balaban J connectivity index is 1.41. The number of imidazole rings is 1. The van der Waals surface area contributed by atoms with Gasteiger partial charge in [-0.1, -0.05) is 6.92 Å². The Kier molecular flexibility index (Phi) is 5.91. The predicted molar refractivity (Wildman–Crippen MR) is 143 cm³/mol. The van der Waals surface area contributed by atoms with Crippen LogP contribution in [0.15, 0.2) is 10.5 Å². The van der Waals surface area contributed by atoms with Crippen molar-refractivity contribution in [3.8, 4) is 11.9 Å². The fourth-order valence-electron chi connectivity index (χ4n) is 7.53. The monoisotopic (exact) mass is 584 g/mol. The van der Waals surface area contributed by atoms with Gasteiger partial charge in [-0.2, -0.15) is 5.26 Å². The topological polar surface area (TPSA) is 79.0 Å². The maximum Gasteiger partial charge on any atom is 0.243 e. The Morgan fingerprint density at radius 3 is 2.95 bits per heavy atom. The molecule has 5 atom stereocenters. The average Bonchev–Trinajstić information content (AvgIpc) is 3.70. The lowest BCUT2D eigenvalue weighted by atomic mass is 9.79. The summed E-state index contributed by atoms with van der Waals surface area (Å²) >= 11 is 3.43. The molecule has 7 nitrogen and oxygen atoms in total. The number of nitrogens with zero attached hydrogens (tertiary/aromatic N) is 5. The summed E-state index contributed by atoms with van der Waals surface area (Å²) in [5.74, 6) is 1.32. The molecule has 6 heterocycles. The number of benzene rings is 1. The van der Waals surface area contributed by atoms with Crippen molar-refractivity contribution in [2.45, 2.75) is 75.7 Å². The van der Waals surface area contributed by atoms with E-state index in [1.54, 1.807) is 0 Å². The van der Waals surface area contributed by atoms with Gasteiger partial charge >= 0.3 is 0 Å². The van der Waals surface area contributed by atoms with Crippen molar-refractivity contribution < 1.29 is 13.5 Å². The number of rotatable bonds is 7. The van der Waals surface area contributed by atoms with Crippen molar-refractivity contribution in [1.29, 1.82) is 5.26 Å². The van der Waals surface area contributed by atoms with E-state index in [1.165, 1.54) is 0 Å². The molecule has 3 aromatic rings. The molecule has 1 saturated carbocycles. The number of aryl methyl sites for hydroxylation is 2. The van der Waals surface area contributed by atoms with E-state index in [-0.39, 0.29) is 17.1 Å². The fourth-order valence-corrected chi connectivity index (χ4v) is 8.03. The average molecular weight is 585 g/mol. The zero-order valence-electron chi connectivity index (χ0n) is 21.4. The van der Waals surface area contributed by atoms with E-state index in [2.05, 4.69) is 43.7 Å². The van der Waals surface area contributed by atoms with Gasteiger partial charge in [0.2, 0.25) is 5.88 Å². The number of nitriles is 1. The van der Waals surface area contributed by atoms with Crippen LogP contribution in [0.3, 0.4) is 0 Å². The smallest absolute Gasteiger partial charge is 0.243 e. The van der Waals surface area contributed by atoms with Crippen LogP contribution < -0.4 is 10.1 Å². The van der Waals surface area contributed by atoms with Gasteiger partial charge in [0.1, 0.15) is 24.1 Å². The van der Waals surface area contributed by atoms with Gasteiger partial charge in [-0.15, -0.1) is 0 Å². The molecule has 1 aliphatic carbocycles. The van der Waals surface area contributed by atoms with Crippen LogP contribution in [0.1, 0.15) is 56.5 Å². The van der Waals surface area contributed by atoms with Crippen molar-refractivity contribution >= 4 is 37.9 Å². The maximum absolute atomic E-state index is 15.9.